The molecule has 6 nitrogen and oxygen atoms in total. The summed E-state index contributed by atoms with van der Waals surface area (Å²) in [6, 6.07) is 4.97. The SMILES string of the molecule is N#Cc1cccnc1S(=O)(=O)NC[C@H]1CCCN1. The van der Waals surface area contributed by atoms with E-state index in [1.807, 2.05) is 6.07 Å². The maximum absolute atomic E-state index is 12.0. The summed E-state index contributed by atoms with van der Waals surface area (Å²) in [4.78, 5) is 3.77. The first kappa shape index (κ1) is 13.0. The number of nitriles is 1. The topological polar surface area (TPSA) is 94.9 Å². The van der Waals surface area contributed by atoms with E-state index in [4.69, 9.17) is 5.26 Å². The minimum atomic E-state index is -3.71. The number of nitrogens with zero attached hydrogens (tertiary/aromatic N) is 2. The zero-order valence-corrected chi connectivity index (χ0v) is 10.6. The van der Waals surface area contributed by atoms with Crippen LogP contribution in [0.1, 0.15) is 18.4 Å². The van der Waals surface area contributed by atoms with Crippen molar-refractivity contribution in [2.45, 2.75) is 23.9 Å². The van der Waals surface area contributed by atoms with Crippen LogP contribution < -0.4 is 10.0 Å². The van der Waals surface area contributed by atoms with Crippen molar-refractivity contribution >= 4 is 10.0 Å². The zero-order chi connectivity index (χ0) is 13.0. The zero-order valence-electron chi connectivity index (χ0n) is 9.76. The van der Waals surface area contributed by atoms with Crippen LogP contribution in [0.25, 0.3) is 0 Å². The van der Waals surface area contributed by atoms with Crippen molar-refractivity contribution in [3.63, 3.8) is 0 Å². The summed E-state index contributed by atoms with van der Waals surface area (Å²) in [7, 11) is -3.71. The number of nitrogens with one attached hydrogen (secondary N) is 2. The van der Waals surface area contributed by atoms with Gasteiger partial charge in [-0.25, -0.2) is 18.1 Å². The fourth-order valence-electron chi connectivity index (χ4n) is 1.90. The summed E-state index contributed by atoms with van der Waals surface area (Å²) < 4.78 is 26.5. The van der Waals surface area contributed by atoms with E-state index in [0.29, 0.717) is 6.54 Å². The third-order valence-corrected chi connectivity index (χ3v) is 4.21. The van der Waals surface area contributed by atoms with Crippen LogP contribution in [0.5, 0.6) is 0 Å². The molecule has 0 amide bonds. The van der Waals surface area contributed by atoms with Gasteiger partial charge in [-0.15, -0.1) is 0 Å². The Kier molecular flexibility index (Phi) is 3.91. The fraction of sp³-hybridized carbons (Fsp3) is 0.455. The lowest BCUT2D eigenvalue weighted by Crippen LogP contribution is -2.37. The van der Waals surface area contributed by atoms with Gasteiger partial charge in [0.1, 0.15) is 6.07 Å². The molecule has 7 heteroatoms. The molecule has 1 aliphatic rings. The molecular weight excluding hydrogens is 252 g/mol. The highest BCUT2D eigenvalue weighted by atomic mass is 32.2. The van der Waals surface area contributed by atoms with Crippen molar-refractivity contribution in [1.29, 1.82) is 5.26 Å². The van der Waals surface area contributed by atoms with Crippen LogP contribution in [0.4, 0.5) is 0 Å². The molecule has 0 unspecified atom stereocenters. The van der Waals surface area contributed by atoms with Gasteiger partial charge in [0.15, 0.2) is 5.03 Å². The fourth-order valence-corrected chi connectivity index (χ4v) is 3.06. The van der Waals surface area contributed by atoms with Crippen LogP contribution in [0, 0.1) is 11.3 Å². The first-order valence-electron chi connectivity index (χ1n) is 5.71. The van der Waals surface area contributed by atoms with E-state index >= 15 is 0 Å². The molecule has 18 heavy (non-hydrogen) atoms. The number of hydrogen-bond donors (Lipinski definition) is 2. The predicted molar refractivity (Wildman–Crippen MR) is 65.2 cm³/mol. The molecule has 1 atom stereocenters. The molecule has 0 radical (unpaired) electrons. The molecule has 96 valence electrons. The predicted octanol–water partition coefficient (Wildman–Crippen LogP) is -0.0164. The average molecular weight is 266 g/mol. The molecule has 1 aromatic heterocycles. The van der Waals surface area contributed by atoms with E-state index in [0.717, 1.165) is 19.4 Å². The summed E-state index contributed by atoms with van der Waals surface area (Å²) in [5, 5.41) is 11.9. The Morgan fingerprint density at radius 1 is 1.61 bits per heavy atom. The Hall–Kier alpha value is -1.49. The van der Waals surface area contributed by atoms with E-state index in [9.17, 15) is 8.42 Å². The molecule has 0 saturated carbocycles. The van der Waals surface area contributed by atoms with Crippen molar-refractivity contribution in [3.05, 3.63) is 23.9 Å². The lowest BCUT2D eigenvalue weighted by molar-refractivity contribution is 0.549. The molecule has 2 heterocycles. The molecule has 0 bridgehead atoms. The molecule has 1 fully saturated rings. The monoisotopic (exact) mass is 266 g/mol. The summed E-state index contributed by atoms with van der Waals surface area (Å²) in [5.41, 5.74) is 0.0596. The normalized spacial score (nSPS) is 19.6. The van der Waals surface area contributed by atoms with Crippen molar-refractivity contribution < 1.29 is 8.42 Å². The van der Waals surface area contributed by atoms with Crippen LogP contribution in [0.2, 0.25) is 0 Å². The highest BCUT2D eigenvalue weighted by molar-refractivity contribution is 7.89. The van der Waals surface area contributed by atoms with Gasteiger partial charge in [0.25, 0.3) is 10.0 Å². The highest BCUT2D eigenvalue weighted by Gasteiger charge is 2.22. The van der Waals surface area contributed by atoms with Gasteiger partial charge in [0.2, 0.25) is 0 Å². The van der Waals surface area contributed by atoms with Crippen LogP contribution in [0.3, 0.4) is 0 Å². The van der Waals surface area contributed by atoms with Crippen LogP contribution >= 0.6 is 0 Å². The van der Waals surface area contributed by atoms with Gasteiger partial charge in [-0.05, 0) is 31.5 Å². The first-order valence-corrected chi connectivity index (χ1v) is 7.20. The summed E-state index contributed by atoms with van der Waals surface area (Å²) in [5.74, 6) is 0. The molecule has 0 aromatic carbocycles. The van der Waals surface area contributed by atoms with E-state index in [1.165, 1.54) is 18.3 Å². The summed E-state index contributed by atoms with van der Waals surface area (Å²) >= 11 is 0. The second kappa shape index (κ2) is 5.44. The van der Waals surface area contributed by atoms with Crippen molar-refractivity contribution in [2.24, 2.45) is 0 Å². The molecule has 2 N–H and O–H groups in total. The highest BCUT2D eigenvalue weighted by Crippen LogP contribution is 2.11. The smallest absolute Gasteiger partial charge is 0.259 e. The van der Waals surface area contributed by atoms with E-state index in [-0.39, 0.29) is 16.6 Å². The molecule has 0 aliphatic carbocycles. The van der Waals surface area contributed by atoms with Crippen LogP contribution in [-0.2, 0) is 10.0 Å². The summed E-state index contributed by atoms with van der Waals surface area (Å²) in [6.45, 7) is 1.24. The molecule has 1 saturated heterocycles. The Bertz CT molecular complexity index is 559. The second-order valence-corrected chi connectivity index (χ2v) is 5.80. The lowest BCUT2D eigenvalue weighted by Gasteiger charge is -2.11. The Balaban J connectivity index is 2.12. The maximum atomic E-state index is 12.0. The van der Waals surface area contributed by atoms with Gasteiger partial charge in [-0.3, -0.25) is 0 Å². The third kappa shape index (κ3) is 2.85. The van der Waals surface area contributed by atoms with Crippen molar-refractivity contribution in [2.75, 3.05) is 13.1 Å². The molecule has 2 rings (SSSR count). The molecule has 1 aliphatic heterocycles. The van der Waals surface area contributed by atoms with Gasteiger partial charge in [0.05, 0.1) is 5.56 Å². The summed E-state index contributed by atoms with van der Waals surface area (Å²) in [6.07, 6.45) is 3.37. The Labute approximate surface area is 106 Å². The Morgan fingerprint density at radius 3 is 3.11 bits per heavy atom. The van der Waals surface area contributed by atoms with Gasteiger partial charge in [0, 0.05) is 18.8 Å². The van der Waals surface area contributed by atoms with Gasteiger partial charge >= 0.3 is 0 Å². The van der Waals surface area contributed by atoms with Crippen molar-refractivity contribution in [1.82, 2.24) is 15.0 Å². The number of pyridine rings is 1. The second-order valence-electron chi connectivity index (χ2n) is 4.11. The van der Waals surface area contributed by atoms with Gasteiger partial charge in [-0.1, -0.05) is 0 Å². The Morgan fingerprint density at radius 2 is 2.44 bits per heavy atom. The lowest BCUT2D eigenvalue weighted by atomic mass is 10.2. The third-order valence-electron chi connectivity index (χ3n) is 2.83. The number of sulfonamides is 1. The average Bonchev–Trinajstić information content (AvgIpc) is 2.89. The number of hydrogen-bond acceptors (Lipinski definition) is 5. The minimum absolute atomic E-state index is 0.0596. The number of aromatic nitrogens is 1. The largest absolute Gasteiger partial charge is 0.313 e. The van der Waals surface area contributed by atoms with E-state index < -0.39 is 10.0 Å². The van der Waals surface area contributed by atoms with Crippen LogP contribution in [-0.4, -0.2) is 32.5 Å². The first-order chi connectivity index (χ1) is 8.63. The van der Waals surface area contributed by atoms with E-state index in [1.54, 1.807) is 0 Å². The molecular formula is C11H14N4O2S. The van der Waals surface area contributed by atoms with Gasteiger partial charge < -0.3 is 5.32 Å². The quantitative estimate of drug-likeness (QED) is 0.799. The minimum Gasteiger partial charge on any atom is -0.313 e. The van der Waals surface area contributed by atoms with E-state index in [2.05, 4.69) is 15.0 Å². The molecule has 1 aromatic rings. The van der Waals surface area contributed by atoms with Gasteiger partial charge in [-0.2, -0.15) is 5.26 Å². The van der Waals surface area contributed by atoms with Crippen LogP contribution in [0.15, 0.2) is 23.4 Å². The standard InChI is InChI=1S/C11H14N4O2S/c12-7-9-3-1-6-14-11(9)18(16,17)15-8-10-4-2-5-13-10/h1,3,6,10,13,15H,2,4-5,8H2/t10-/m1/s1. The maximum Gasteiger partial charge on any atom is 0.259 e. The van der Waals surface area contributed by atoms with Crippen molar-refractivity contribution in [3.8, 4) is 6.07 Å². The number of rotatable bonds is 4. The molecule has 0 spiro atoms.